The lowest BCUT2D eigenvalue weighted by Gasteiger charge is -2.29. The van der Waals surface area contributed by atoms with Gasteiger partial charge in [0.1, 0.15) is 22.9 Å². The van der Waals surface area contributed by atoms with Gasteiger partial charge in [0.15, 0.2) is 11.6 Å². The molecule has 40 heavy (non-hydrogen) atoms. The molecule has 1 saturated heterocycles. The van der Waals surface area contributed by atoms with Crippen LogP contribution in [0.15, 0.2) is 42.2 Å². The van der Waals surface area contributed by atoms with Crippen molar-refractivity contribution in [1.82, 2.24) is 29.4 Å². The van der Waals surface area contributed by atoms with Crippen molar-refractivity contribution in [2.75, 3.05) is 25.0 Å². The van der Waals surface area contributed by atoms with Crippen LogP contribution in [0.2, 0.25) is 0 Å². The number of hydrogen-bond acceptors (Lipinski definition) is 6. The molecule has 1 aromatic carbocycles. The highest BCUT2D eigenvalue weighted by Gasteiger charge is 2.30. The maximum Gasteiger partial charge on any atom is 0.229 e. The Morgan fingerprint density at radius 1 is 1.02 bits per heavy atom. The first-order chi connectivity index (χ1) is 19.3. The molecule has 0 unspecified atom stereocenters. The van der Waals surface area contributed by atoms with Gasteiger partial charge < -0.3 is 14.8 Å². The van der Waals surface area contributed by atoms with Crippen molar-refractivity contribution in [3.63, 3.8) is 0 Å². The van der Waals surface area contributed by atoms with Gasteiger partial charge in [0.25, 0.3) is 0 Å². The van der Waals surface area contributed by atoms with E-state index < -0.39 is 11.6 Å². The Hall–Kier alpha value is -3.72. The zero-order chi connectivity index (χ0) is 28.0. The number of imidazole rings is 1. The van der Waals surface area contributed by atoms with Crippen molar-refractivity contribution >= 4 is 28.4 Å². The number of aryl methyl sites for hydroxylation is 1. The van der Waals surface area contributed by atoms with Crippen LogP contribution in [-0.4, -0.2) is 49.0 Å². The fourth-order valence-electron chi connectivity index (χ4n) is 5.94. The number of pyridine rings is 1. The molecule has 208 valence electrons. The summed E-state index contributed by atoms with van der Waals surface area (Å²) in [7, 11) is 0. The molecule has 4 heterocycles. The van der Waals surface area contributed by atoms with E-state index in [-0.39, 0.29) is 23.2 Å². The second-order valence-electron chi connectivity index (χ2n) is 11.1. The number of benzene rings is 1. The molecule has 0 amide bonds. The van der Waals surface area contributed by atoms with Crippen molar-refractivity contribution in [3.05, 3.63) is 65.3 Å². The minimum absolute atomic E-state index is 0.0169. The number of likely N-dealkylation sites (tertiary alicyclic amines) is 1. The molecule has 9 heteroatoms. The largest absolute Gasteiger partial charge is 0.326 e. The van der Waals surface area contributed by atoms with Crippen molar-refractivity contribution in [2.24, 2.45) is 5.92 Å². The molecule has 0 bridgehead atoms. The van der Waals surface area contributed by atoms with Gasteiger partial charge in [0.2, 0.25) is 5.95 Å². The molecular formula is C31H35F2N7. The normalized spacial score (nSPS) is 16.2. The number of aromatic nitrogens is 5. The summed E-state index contributed by atoms with van der Waals surface area (Å²) in [5.41, 5.74) is 5.44. The predicted molar refractivity (Wildman–Crippen MR) is 154 cm³/mol. The quantitative estimate of drug-likeness (QED) is 0.269. The smallest absolute Gasteiger partial charge is 0.229 e. The van der Waals surface area contributed by atoms with Crippen molar-refractivity contribution in [2.45, 2.75) is 59.4 Å². The Kier molecular flexibility index (Phi) is 7.08. The van der Waals surface area contributed by atoms with Gasteiger partial charge in [-0.05, 0) is 94.3 Å². The third-order valence-electron chi connectivity index (χ3n) is 8.05. The minimum Gasteiger partial charge on any atom is -0.326 e. The third-order valence-corrected chi connectivity index (χ3v) is 8.05. The molecule has 1 aliphatic carbocycles. The van der Waals surface area contributed by atoms with E-state index in [0.29, 0.717) is 28.6 Å². The second kappa shape index (κ2) is 10.7. The van der Waals surface area contributed by atoms with E-state index in [4.69, 9.17) is 0 Å². The summed E-state index contributed by atoms with van der Waals surface area (Å²) in [6.45, 7) is 11.4. The zero-order valence-electron chi connectivity index (χ0n) is 23.5. The first-order valence-corrected chi connectivity index (χ1v) is 14.2. The van der Waals surface area contributed by atoms with Crippen molar-refractivity contribution < 1.29 is 8.78 Å². The number of piperidine rings is 1. The van der Waals surface area contributed by atoms with Crippen LogP contribution in [0.25, 0.3) is 27.9 Å². The SMILES string of the molecule is CCN1CCC(=C(c2ccc(Nc3ncc(F)c(-c4cc(F)c5nc(C)n(C(C)C)c5c4)n3)nc2)C2CC2)CC1. The topological polar surface area (TPSA) is 71.8 Å². The zero-order valence-corrected chi connectivity index (χ0v) is 23.5. The number of fused-ring (bicyclic) bond motifs is 1. The van der Waals surface area contributed by atoms with Crippen LogP contribution in [0.3, 0.4) is 0 Å². The fraction of sp³-hybridized carbons (Fsp3) is 0.419. The Labute approximate surface area is 233 Å². The third kappa shape index (κ3) is 5.10. The molecular weight excluding hydrogens is 508 g/mol. The first-order valence-electron chi connectivity index (χ1n) is 14.2. The van der Waals surface area contributed by atoms with Gasteiger partial charge in [-0.15, -0.1) is 0 Å². The average Bonchev–Trinajstić information content (AvgIpc) is 3.72. The first kappa shape index (κ1) is 26.5. The molecule has 3 aromatic heterocycles. The van der Waals surface area contributed by atoms with Gasteiger partial charge in [-0.3, -0.25) is 0 Å². The van der Waals surface area contributed by atoms with E-state index in [0.717, 1.165) is 38.7 Å². The van der Waals surface area contributed by atoms with E-state index in [1.54, 1.807) is 11.6 Å². The van der Waals surface area contributed by atoms with Gasteiger partial charge in [-0.1, -0.05) is 12.5 Å². The van der Waals surface area contributed by atoms with E-state index >= 15 is 4.39 Å². The van der Waals surface area contributed by atoms with Gasteiger partial charge in [0.05, 0.1) is 11.7 Å². The van der Waals surface area contributed by atoms with Gasteiger partial charge >= 0.3 is 0 Å². The number of allylic oxidation sites excluding steroid dienone is 1. The molecule has 0 radical (unpaired) electrons. The van der Waals surface area contributed by atoms with Gasteiger partial charge in [0, 0.05) is 30.9 Å². The lowest BCUT2D eigenvalue weighted by atomic mass is 9.91. The highest BCUT2D eigenvalue weighted by Crippen LogP contribution is 2.45. The number of halogens is 2. The molecule has 1 aliphatic heterocycles. The molecule has 2 aliphatic rings. The van der Waals surface area contributed by atoms with E-state index in [2.05, 4.69) is 43.1 Å². The summed E-state index contributed by atoms with van der Waals surface area (Å²) in [4.78, 5) is 20.0. The average molecular weight is 544 g/mol. The Morgan fingerprint density at radius 3 is 2.45 bits per heavy atom. The van der Waals surface area contributed by atoms with Crippen LogP contribution < -0.4 is 5.32 Å². The molecule has 0 atom stereocenters. The predicted octanol–water partition coefficient (Wildman–Crippen LogP) is 7.08. The summed E-state index contributed by atoms with van der Waals surface area (Å²) >= 11 is 0. The highest BCUT2D eigenvalue weighted by atomic mass is 19.1. The monoisotopic (exact) mass is 543 g/mol. The highest BCUT2D eigenvalue weighted by molar-refractivity contribution is 5.83. The molecule has 4 aromatic rings. The summed E-state index contributed by atoms with van der Waals surface area (Å²) in [6.07, 6.45) is 7.74. The summed E-state index contributed by atoms with van der Waals surface area (Å²) in [6, 6.07) is 7.10. The van der Waals surface area contributed by atoms with Crippen LogP contribution >= 0.6 is 0 Å². The van der Waals surface area contributed by atoms with Gasteiger partial charge in [-0.2, -0.15) is 0 Å². The molecule has 0 spiro atoms. The number of nitrogens with one attached hydrogen (secondary N) is 1. The lowest BCUT2D eigenvalue weighted by molar-refractivity contribution is 0.270. The molecule has 2 fully saturated rings. The van der Waals surface area contributed by atoms with Crippen molar-refractivity contribution in [1.29, 1.82) is 0 Å². The van der Waals surface area contributed by atoms with Crippen LogP contribution in [0.5, 0.6) is 0 Å². The lowest BCUT2D eigenvalue weighted by Crippen LogP contribution is -2.30. The summed E-state index contributed by atoms with van der Waals surface area (Å²) in [5, 5.41) is 3.10. The van der Waals surface area contributed by atoms with E-state index in [1.807, 2.05) is 37.6 Å². The van der Waals surface area contributed by atoms with Crippen LogP contribution in [0.4, 0.5) is 20.5 Å². The molecule has 6 rings (SSSR count). The fourth-order valence-corrected chi connectivity index (χ4v) is 5.94. The molecule has 7 nitrogen and oxygen atoms in total. The maximum atomic E-state index is 15.0. The van der Waals surface area contributed by atoms with Gasteiger partial charge in [-0.25, -0.2) is 28.7 Å². The standard InChI is InChI=1S/C31H35F2N7/c1-5-39-12-10-21(11-13-39)28(20-6-7-20)22-8-9-27(34-16-22)37-31-35-17-25(33)29(38-31)23-14-24(32)30-26(15-23)40(18(2)3)19(4)36-30/h8-9,14-18,20H,5-7,10-13H2,1-4H3,(H,34,35,37,38). The van der Waals surface area contributed by atoms with Crippen LogP contribution in [0, 0.1) is 24.5 Å². The number of hydrogen-bond donors (Lipinski definition) is 1. The summed E-state index contributed by atoms with van der Waals surface area (Å²) in [5.74, 6) is 0.958. The number of rotatable bonds is 7. The molecule has 1 saturated carbocycles. The Balaban J connectivity index is 1.27. The summed E-state index contributed by atoms with van der Waals surface area (Å²) < 4.78 is 31.9. The number of anilines is 2. The van der Waals surface area contributed by atoms with Crippen molar-refractivity contribution in [3.8, 4) is 11.3 Å². The van der Waals surface area contributed by atoms with Crippen LogP contribution in [0.1, 0.15) is 63.9 Å². The molecule has 1 N–H and O–H groups in total. The second-order valence-corrected chi connectivity index (χ2v) is 11.1. The maximum absolute atomic E-state index is 15.0. The minimum atomic E-state index is -0.630. The van der Waals surface area contributed by atoms with Crippen LogP contribution in [-0.2, 0) is 0 Å². The van der Waals surface area contributed by atoms with E-state index in [1.165, 1.54) is 30.0 Å². The Bertz CT molecular complexity index is 1580. The Morgan fingerprint density at radius 2 is 1.80 bits per heavy atom. The van der Waals surface area contributed by atoms with E-state index in [9.17, 15) is 4.39 Å². The number of nitrogens with zero attached hydrogens (tertiary/aromatic N) is 6.